The third-order valence-corrected chi connectivity index (χ3v) is 4.41. The normalized spacial score (nSPS) is 28.7. The van der Waals surface area contributed by atoms with Gasteiger partial charge in [-0.25, -0.2) is 13.8 Å². The highest BCUT2D eigenvalue weighted by Gasteiger charge is 2.67. The lowest BCUT2D eigenvalue weighted by atomic mass is 10.0. The Kier molecular flexibility index (Phi) is 3.06. The number of aliphatic imine (C=N–C) groups is 1. The molecule has 3 aliphatic rings. The quantitative estimate of drug-likeness (QED) is 0.769. The molecule has 108 valence electrons. The number of alkyl halides is 2. The fraction of sp³-hybridized carbons (Fsp3) is 0.500. The molecule has 2 N–H and O–H groups in total. The molecule has 8 heteroatoms. The number of nitrogens with one attached hydrogen (secondary N) is 2. The van der Waals surface area contributed by atoms with Gasteiger partial charge >= 0.3 is 0 Å². The molecule has 0 unspecified atom stereocenters. The highest BCUT2D eigenvalue weighted by Crippen LogP contribution is 2.61. The standard InChI is InChI=1S/C12H12Cl2F2N4/c13-7(4-17)10-18-8(14)3-9(19-10)20-5-11(1-2-11)12(15,16)6-20/h3-4,17,19H,1-2,5-6H2/b10-7+,17-4?. The number of halogens is 4. The van der Waals surface area contributed by atoms with E-state index in [1.165, 1.54) is 6.08 Å². The molecule has 0 radical (unpaired) electrons. The van der Waals surface area contributed by atoms with E-state index in [9.17, 15) is 8.78 Å². The summed E-state index contributed by atoms with van der Waals surface area (Å²) in [6.45, 7) is -0.0516. The minimum absolute atomic E-state index is 0.0702. The molecular formula is C12H12Cl2F2N4. The van der Waals surface area contributed by atoms with Crippen molar-refractivity contribution in [1.82, 2.24) is 10.2 Å². The van der Waals surface area contributed by atoms with Crippen LogP contribution >= 0.6 is 23.2 Å². The molecule has 20 heavy (non-hydrogen) atoms. The minimum Gasteiger partial charge on any atom is -0.351 e. The van der Waals surface area contributed by atoms with Crippen LogP contribution in [0.3, 0.4) is 0 Å². The molecule has 1 aliphatic carbocycles. The average Bonchev–Trinajstić information content (AvgIpc) is 3.12. The van der Waals surface area contributed by atoms with Crippen LogP contribution in [-0.2, 0) is 0 Å². The Morgan fingerprint density at radius 2 is 2.15 bits per heavy atom. The third-order valence-electron chi connectivity index (χ3n) is 3.93. The van der Waals surface area contributed by atoms with Gasteiger partial charge in [0.2, 0.25) is 0 Å². The zero-order chi connectivity index (χ0) is 14.5. The molecule has 0 aromatic carbocycles. The van der Waals surface area contributed by atoms with Crippen LogP contribution < -0.4 is 5.32 Å². The van der Waals surface area contributed by atoms with Crippen molar-refractivity contribution >= 4 is 34.6 Å². The van der Waals surface area contributed by atoms with Crippen LogP contribution in [0.1, 0.15) is 12.8 Å². The maximum atomic E-state index is 14.0. The van der Waals surface area contributed by atoms with Gasteiger partial charge in [-0.15, -0.1) is 0 Å². The Balaban J connectivity index is 1.86. The number of allylic oxidation sites excluding steroid dienone is 2. The predicted molar refractivity (Wildman–Crippen MR) is 74.4 cm³/mol. The molecule has 2 fully saturated rings. The number of rotatable bonds is 2. The van der Waals surface area contributed by atoms with Crippen LogP contribution in [0.4, 0.5) is 8.78 Å². The second-order valence-electron chi connectivity index (χ2n) is 5.27. The lowest BCUT2D eigenvalue weighted by Crippen LogP contribution is -2.34. The van der Waals surface area contributed by atoms with Gasteiger partial charge in [-0.3, -0.25) is 0 Å². The highest BCUT2D eigenvalue weighted by atomic mass is 35.5. The van der Waals surface area contributed by atoms with Gasteiger partial charge in [-0.05, 0) is 12.8 Å². The molecule has 1 saturated heterocycles. The molecule has 2 aliphatic heterocycles. The summed E-state index contributed by atoms with van der Waals surface area (Å²) in [5.74, 6) is -2.04. The lowest BCUT2D eigenvalue weighted by molar-refractivity contribution is -0.0375. The minimum atomic E-state index is -2.69. The fourth-order valence-electron chi connectivity index (χ4n) is 2.58. The zero-order valence-electron chi connectivity index (χ0n) is 10.4. The van der Waals surface area contributed by atoms with Crippen LogP contribution in [0.15, 0.2) is 27.7 Å². The van der Waals surface area contributed by atoms with E-state index in [-0.39, 0.29) is 22.6 Å². The Labute approximate surface area is 124 Å². The first-order chi connectivity index (χ1) is 9.37. The maximum absolute atomic E-state index is 14.0. The van der Waals surface area contributed by atoms with E-state index in [4.69, 9.17) is 28.6 Å². The molecule has 0 atom stereocenters. The first kappa shape index (κ1) is 13.8. The van der Waals surface area contributed by atoms with Crippen molar-refractivity contribution in [3.05, 3.63) is 22.8 Å². The van der Waals surface area contributed by atoms with Crippen LogP contribution in [0.5, 0.6) is 0 Å². The second-order valence-corrected chi connectivity index (χ2v) is 6.07. The molecular weight excluding hydrogens is 309 g/mol. The van der Waals surface area contributed by atoms with Crippen molar-refractivity contribution in [3.63, 3.8) is 0 Å². The summed E-state index contributed by atoms with van der Waals surface area (Å²) in [7, 11) is 0. The van der Waals surface area contributed by atoms with Crippen LogP contribution in [0.25, 0.3) is 0 Å². The number of hydrogen-bond acceptors (Lipinski definition) is 4. The lowest BCUT2D eigenvalue weighted by Gasteiger charge is -2.25. The average molecular weight is 321 g/mol. The summed E-state index contributed by atoms with van der Waals surface area (Å²) >= 11 is 11.7. The number of nitrogens with zero attached hydrogens (tertiary/aromatic N) is 2. The Morgan fingerprint density at radius 3 is 2.70 bits per heavy atom. The van der Waals surface area contributed by atoms with Gasteiger partial charge in [0, 0.05) is 18.8 Å². The van der Waals surface area contributed by atoms with Gasteiger partial charge in [0.15, 0.2) is 5.82 Å². The van der Waals surface area contributed by atoms with E-state index in [1.807, 2.05) is 0 Å². The van der Waals surface area contributed by atoms with Crippen LogP contribution in [0, 0.1) is 10.8 Å². The molecule has 1 spiro atoms. The smallest absolute Gasteiger partial charge is 0.272 e. The molecule has 4 nitrogen and oxygen atoms in total. The Morgan fingerprint density at radius 1 is 1.45 bits per heavy atom. The zero-order valence-corrected chi connectivity index (χ0v) is 11.9. The number of likely N-dealkylation sites (tertiary alicyclic amines) is 1. The van der Waals surface area contributed by atoms with Crippen LogP contribution in [-0.4, -0.2) is 35.3 Å². The van der Waals surface area contributed by atoms with Crippen LogP contribution in [0.2, 0.25) is 0 Å². The fourth-order valence-corrected chi connectivity index (χ4v) is 2.86. The van der Waals surface area contributed by atoms with Gasteiger partial charge in [0.05, 0.1) is 12.0 Å². The van der Waals surface area contributed by atoms with E-state index >= 15 is 0 Å². The summed E-state index contributed by atoms with van der Waals surface area (Å²) in [6.07, 6.45) is 3.52. The van der Waals surface area contributed by atoms with Gasteiger partial charge in [0.25, 0.3) is 5.92 Å². The monoisotopic (exact) mass is 320 g/mol. The topological polar surface area (TPSA) is 51.5 Å². The summed E-state index contributed by atoms with van der Waals surface area (Å²) in [5.41, 5.74) is -0.883. The highest BCUT2D eigenvalue weighted by molar-refractivity contribution is 6.68. The van der Waals surface area contributed by atoms with Gasteiger partial charge in [-0.2, -0.15) is 0 Å². The van der Waals surface area contributed by atoms with Crippen molar-refractivity contribution in [2.45, 2.75) is 18.8 Å². The first-order valence-electron chi connectivity index (χ1n) is 6.13. The van der Waals surface area contributed by atoms with E-state index in [2.05, 4.69) is 10.3 Å². The summed E-state index contributed by atoms with van der Waals surface area (Å²) in [6, 6.07) is 0. The molecule has 2 heterocycles. The molecule has 0 bridgehead atoms. The summed E-state index contributed by atoms with van der Waals surface area (Å²) < 4.78 is 27.9. The molecule has 0 amide bonds. The third kappa shape index (κ3) is 2.11. The van der Waals surface area contributed by atoms with Crippen molar-refractivity contribution in [1.29, 1.82) is 5.41 Å². The largest absolute Gasteiger partial charge is 0.351 e. The number of hydrogen-bond donors (Lipinski definition) is 2. The van der Waals surface area contributed by atoms with E-state index in [1.54, 1.807) is 4.90 Å². The Bertz CT molecular complexity index is 558. The van der Waals surface area contributed by atoms with Crippen molar-refractivity contribution in [2.24, 2.45) is 10.4 Å². The van der Waals surface area contributed by atoms with E-state index in [0.29, 0.717) is 25.2 Å². The Hall–Kier alpha value is -1.14. The predicted octanol–water partition coefficient (Wildman–Crippen LogP) is 2.86. The second kappa shape index (κ2) is 4.43. The summed E-state index contributed by atoms with van der Waals surface area (Å²) in [5, 5.41) is 10.2. The molecule has 0 aromatic heterocycles. The van der Waals surface area contributed by atoms with Gasteiger partial charge < -0.3 is 15.6 Å². The SMILES string of the molecule is N=C/C(Cl)=C1/N=C(Cl)C=C(N2CC(F)(F)C3(CC3)C2)N1. The maximum Gasteiger partial charge on any atom is 0.272 e. The van der Waals surface area contributed by atoms with E-state index in [0.717, 1.165) is 6.21 Å². The molecule has 0 aromatic rings. The molecule has 3 rings (SSSR count). The van der Waals surface area contributed by atoms with Crippen molar-refractivity contribution in [3.8, 4) is 0 Å². The summed E-state index contributed by atoms with van der Waals surface area (Å²) in [4.78, 5) is 5.51. The van der Waals surface area contributed by atoms with Crippen molar-refractivity contribution < 1.29 is 8.78 Å². The molecule has 1 saturated carbocycles. The first-order valence-corrected chi connectivity index (χ1v) is 6.88. The van der Waals surface area contributed by atoms with E-state index < -0.39 is 11.3 Å². The van der Waals surface area contributed by atoms with Gasteiger partial charge in [0.1, 0.15) is 16.0 Å². The van der Waals surface area contributed by atoms with Gasteiger partial charge in [-0.1, -0.05) is 23.2 Å². The van der Waals surface area contributed by atoms with Crippen molar-refractivity contribution in [2.75, 3.05) is 13.1 Å².